The van der Waals surface area contributed by atoms with Crippen molar-refractivity contribution in [3.8, 4) is 0 Å². The van der Waals surface area contributed by atoms with E-state index in [1.54, 1.807) is 0 Å². The molecule has 0 aliphatic carbocycles. The molecule has 0 spiro atoms. The molecular formula is C16H34O6Si2Zr. The molecule has 0 fully saturated rings. The van der Waals surface area contributed by atoms with Gasteiger partial charge >= 0.3 is 26.2 Å². The minimum atomic E-state index is -1.61. The summed E-state index contributed by atoms with van der Waals surface area (Å²) in [4.78, 5) is 37.3. The Kier molecular flexibility index (Phi) is 26.4. The minimum Gasteiger partial charge on any atom is -0.876 e. The molecule has 0 saturated heterocycles. The second kappa shape index (κ2) is 18.4. The van der Waals surface area contributed by atoms with Gasteiger partial charge in [0, 0.05) is 0 Å². The fourth-order valence-electron chi connectivity index (χ4n) is 0.572. The SMILES string of the molecule is CC(=O)/C=C(/C)[O-].CC(=O)/C=C(/C)[O-].C[Si](C)(C)O.C[Si](C)(C)O.[Zr+2]. The predicted octanol–water partition coefficient (Wildman–Crippen LogP) is 1.30. The molecule has 0 atom stereocenters. The van der Waals surface area contributed by atoms with Crippen molar-refractivity contribution in [2.75, 3.05) is 0 Å². The average molecular weight is 470 g/mol. The first-order chi connectivity index (χ1) is 10.3. The largest absolute Gasteiger partial charge is 2.00 e. The summed E-state index contributed by atoms with van der Waals surface area (Å²) < 4.78 is 0. The summed E-state index contributed by atoms with van der Waals surface area (Å²) in [6.45, 7) is 16.7. The molecule has 146 valence electrons. The number of hydrogen-bond acceptors (Lipinski definition) is 6. The number of carbonyl (C=O) groups excluding carboxylic acids is 2. The Hall–Kier alpha value is -0.343. The molecule has 0 aromatic rings. The van der Waals surface area contributed by atoms with Crippen molar-refractivity contribution in [2.45, 2.75) is 67.0 Å². The van der Waals surface area contributed by atoms with Gasteiger partial charge in [-0.25, -0.2) is 0 Å². The van der Waals surface area contributed by atoms with Crippen molar-refractivity contribution in [3.63, 3.8) is 0 Å². The van der Waals surface area contributed by atoms with Gasteiger partial charge in [0.25, 0.3) is 0 Å². The molecule has 0 aromatic heterocycles. The molecule has 2 N–H and O–H groups in total. The van der Waals surface area contributed by atoms with Crippen LogP contribution in [-0.4, -0.2) is 37.8 Å². The van der Waals surface area contributed by atoms with E-state index in [1.165, 1.54) is 27.7 Å². The zero-order chi connectivity index (χ0) is 20.7. The predicted molar refractivity (Wildman–Crippen MR) is 100 cm³/mol. The van der Waals surface area contributed by atoms with Crippen LogP contribution in [0.3, 0.4) is 0 Å². The van der Waals surface area contributed by atoms with E-state index in [0.717, 1.165) is 12.2 Å². The van der Waals surface area contributed by atoms with Crippen LogP contribution in [0.4, 0.5) is 0 Å². The van der Waals surface area contributed by atoms with Crippen LogP contribution in [-0.2, 0) is 35.8 Å². The maximum absolute atomic E-state index is 9.98. The van der Waals surface area contributed by atoms with Gasteiger partial charge in [-0.2, -0.15) is 0 Å². The second-order valence-electron chi connectivity index (χ2n) is 7.07. The Labute approximate surface area is 174 Å². The molecule has 6 nitrogen and oxygen atoms in total. The van der Waals surface area contributed by atoms with Gasteiger partial charge in [0.2, 0.25) is 0 Å². The van der Waals surface area contributed by atoms with E-state index in [0.29, 0.717) is 0 Å². The third kappa shape index (κ3) is 189. The zero-order valence-electron chi connectivity index (χ0n) is 17.2. The Morgan fingerprint density at radius 3 is 0.800 bits per heavy atom. The standard InChI is InChI=1S/2C5H8O2.2C3H10OSi.Zr/c2*1-4(6)3-5(2)7;2*1-5(2,3)4;/h2*3,6H,1-2H3;2*4H,1-3H3;/q;;;;+2/p-2/b2*4-3-;;;. The Morgan fingerprint density at radius 2 is 0.800 bits per heavy atom. The van der Waals surface area contributed by atoms with Gasteiger partial charge in [0.05, 0.1) is 0 Å². The minimum absolute atomic E-state index is 0. The van der Waals surface area contributed by atoms with Crippen molar-refractivity contribution in [1.82, 2.24) is 0 Å². The molecule has 0 amide bonds. The molecule has 0 rings (SSSR count). The van der Waals surface area contributed by atoms with E-state index in [2.05, 4.69) is 0 Å². The summed E-state index contributed by atoms with van der Waals surface area (Å²) in [6.07, 6.45) is 2.11. The van der Waals surface area contributed by atoms with Crippen LogP contribution in [0, 0.1) is 0 Å². The first-order valence-electron chi connectivity index (χ1n) is 7.42. The summed E-state index contributed by atoms with van der Waals surface area (Å²) in [5.74, 6) is -0.750. The van der Waals surface area contributed by atoms with Crippen LogP contribution in [0.15, 0.2) is 23.7 Å². The number of allylic oxidation sites excluding steroid dienone is 4. The molecule has 25 heavy (non-hydrogen) atoms. The van der Waals surface area contributed by atoms with Crippen LogP contribution >= 0.6 is 0 Å². The molecule has 0 radical (unpaired) electrons. The Bertz CT molecular complexity index is 361. The van der Waals surface area contributed by atoms with Crippen LogP contribution in [0.5, 0.6) is 0 Å². The van der Waals surface area contributed by atoms with Gasteiger partial charge in [-0.15, -0.1) is 11.5 Å². The number of hydrogen-bond donors (Lipinski definition) is 2. The Balaban J connectivity index is -0.0000000711. The van der Waals surface area contributed by atoms with Crippen LogP contribution in [0.1, 0.15) is 27.7 Å². The monoisotopic (exact) mass is 468 g/mol. The van der Waals surface area contributed by atoms with E-state index >= 15 is 0 Å². The molecule has 0 unspecified atom stereocenters. The smallest absolute Gasteiger partial charge is 0.876 e. The van der Waals surface area contributed by atoms with Gasteiger partial charge in [-0.1, -0.05) is 13.8 Å². The van der Waals surface area contributed by atoms with Gasteiger partial charge < -0.3 is 19.8 Å². The van der Waals surface area contributed by atoms with Crippen LogP contribution < -0.4 is 10.2 Å². The van der Waals surface area contributed by atoms with E-state index in [9.17, 15) is 19.8 Å². The van der Waals surface area contributed by atoms with Crippen LogP contribution in [0.2, 0.25) is 39.3 Å². The molecule has 0 saturated carbocycles. The van der Waals surface area contributed by atoms with Crippen molar-refractivity contribution in [2.24, 2.45) is 0 Å². The van der Waals surface area contributed by atoms with Crippen LogP contribution in [0.25, 0.3) is 0 Å². The van der Waals surface area contributed by atoms with E-state index < -0.39 is 16.6 Å². The summed E-state index contributed by atoms with van der Waals surface area (Å²) in [7, 11) is -3.22. The molecule has 0 bridgehead atoms. The zero-order valence-corrected chi connectivity index (χ0v) is 21.6. The summed E-state index contributed by atoms with van der Waals surface area (Å²) >= 11 is 0. The normalized spacial score (nSPS) is 11.2. The maximum atomic E-state index is 9.98. The molecule has 0 aliphatic rings. The topological polar surface area (TPSA) is 121 Å². The van der Waals surface area contributed by atoms with Gasteiger partial charge in [0.1, 0.15) is 0 Å². The van der Waals surface area contributed by atoms with E-state index in [1.807, 2.05) is 39.3 Å². The first kappa shape index (κ1) is 35.7. The second-order valence-corrected chi connectivity index (χ2v) is 15.8. The quantitative estimate of drug-likeness (QED) is 0.357. The van der Waals surface area contributed by atoms with Crippen molar-refractivity contribution in [3.05, 3.63) is 23.7 Å². The van der Waals surface area contributed by atoms with Crippen molar-refractivity contribution in [1.29, 1.82) is 0 Å². The molecule has 0 heterocycles. The number of carbonyl (C=O) groups is 2. The number of ketones is 2. The summed E-state index contributed by atoms with van der Waals surface area (Å²) in [5.41, 5.74) is 0. The van der Waals surface area contributed by atoms with Crippen molar-refractivity contribution >= 4 is 28.2 Å². The molecular weight excluding hydrogens is 436 g/mol. The molecule has 0 aliphatic heterocycles. The fourth-order valence-corrected chi connectivity index (χ4v) is 0.572. The third-order valence-electron chi connectivity index (χ3n) is 0.813. The number of rotatable bonds is 2. The van der Waals surface area contributed by atoms with Crippen molar-refractivity contribution < 1.29 is 55.6 Å². The third-order valence-corrected chi connectivity index (χ3v) is 0.813. The maximum Gasteiger partial charge on any atom is 2.00 e. The summed E-state index contributed by atoms with van der Waals surface area (Å²) in [6, 6.07) is 0. The van der Waals surface area contributed by atoms with Gasteiger partial charge in [-0.3, -0.25) is 9.59 Å². The van der Waals surface area contributed by atoms with E-state index in [4.69, 9.17) is 9.59 Å². The fraction of sp³-hybridized carbons (Fsp3) is 0.625. The van der Waals surface area contributed by atoms with Gasteiger partial charge in [0.15, 0.2) is 28.2 Å². The molecule has 9 heteroatoms. The first-order valence-corrected chi connectivity index (χ1v) is 14.3. The van der Waals surface area contributed by atoms with E-state index in [-0.39, 0.29) is 49.3 Å². The summed E-state index contributed by atoms with van der Waals surface area (Å²) in [5, 5.41) is 20.0. The average Bonchev–Trinajstić information content (AvgIpc) is 2.05. The molecule has 0 aromatic carbocycles. The Morgan fingerprint density at radius 1 is 0.680 bits per heavy atom. The van der Waals surface area contributed by atoms with Gasteiger partial charge in [-0.05, 0) is 65.3 Å².